The summed E-state index contributed by atoms with van der Waals surface area (Å²) in [6.07, 6.45) is 0.895. The molecule has 0 amide bonds. The first-order valence-corrected chi connectivity index (χ1v) is 15.2. The van der Waals surface area contributed by atoms with Gasteiger partial charge in [0.1, 0.15) is 5.58 Å². The molecule has 6 aromatic carbocycles. The number of hydrogen-bond acceptors (Lipinski definition) is 2. The Hall–Kier alpha value is -4.43. The van der Waals surface area contributed by atoms with Crippen LogP contribution in [0.15, 0.2) is 83.3 Å². The molecule has 0 atom stereocenters. The summed E-state index contributed by atoms with van der Waals surface area (Å²) in [4.78, 5) is 12.7. The minimum absolute atomic E-state index is 0.0603. The van der Waals surface area contributed by atoms with Crippen LogP contribution in [0.1, 0.15) is 74.4 Å². The number of carbonyl (C=O) groups is 1. The quantitative estimate of drug-likeness (QED) is 0.119. The minimum Gasteiger partial charge on any atom is -0.452 e. The molecule has 1 aromatic heterocycles. The van der Waals surface area contributed by atoms with E-state index in [1.54, 1.807) is 0 Å². The highest BCUT2D eigenvalue weighted by Gasteiger charge is 2.29. The van der Waals surface area contributed by atoms with Crippen molar-refractivity contribution in [2.24, 2.45) is 0 Å². The number of furan rings is 1. The molecular formula is C41H38O2. The fourth-order valence-corrected chi connectivity index (χ4v) is 6.93. The lowest BCUT2D eigenvalue weighted by molar-refractivity contribution is 0.110. The van der Waals surface area contributed by atoms with E-state index < -0.39 is 0 Å². The van der Waals surface area contributed by atoms with Gasteiger partial charge in [0.25, 0.3) is 0 Å². The largest absolute Gasteiger partial charge is 0.452 e. The van der Waals surface area contributed by atoms with Crippen molar-refractivity contribution in [2.45, 2.75) is 66.2 Å². The van der Waals surface area contributed by atoms with Crippen LogP contribution >= 0.6 is 0 Å². The second-order valence-electron chi connectivity index (χ2n) is 14.3. The Morgan fingerprint density at radius 3 is 1.95 bits per heavy atom. The van der Waals surface area contributed by atoms with Crippen LogP contribution in [0.2, 0.25) is 0 Å². The Morgan fingerprint density at radius 1 is 0.605 bits per heavy atom. The normalized spacial score (nSPS) is 12.7. The van der Waals surface area contributed by atoms with Crippen LogP contribution in [0.4, 0.5) is 0 Å². The molecule has 0 N–H and O–H groups in total. The maximum absolute atomic E-state index is 12.7. The van der Waals surface area contributed by atoms with Gasteiger partial charge in [-0.15, -0.1) is 0 Å². The van der Waals surface area contributed by atoms with Crippen LogP contribution in [-0.4, -0.2) is 6.29 Å². The van der Waals surface area contributed by atoms with Crippen molar-refractivity contribution in [1.82, 2.24) is 0 Å². The second-order valence-corrected chi connectivity index (χ2v) is 14.3. The molecule has 0 saturated carbocycles. The van der Waals surface area contributed by atoms with Gasteiger partial charge in [0.2, 0.25) is 0 Å². The van der Waals surface area contributed by atoms with Crippen LogP contribution in [-0.2, 0) is 10.8 Å². The predicted molar refractivity (Wildman–Crippen MR) is 184 cm³/mol. The lowest BCUT2D eigenvalue weighted by atomic mass is 9.78. The van der Waals surface area contributed by atoms with E-state index in [2.05, 4.69) is 134 Å². The van der Waals surface area contributed by atoms with E-state index in [4.69, 9.17) is 4.42 Å². The van der Waals surface area contributed by atoms with Crippen LogP contribution in [0.5, 0.6) is 0 Å². The number of aldehydes is 1. The smallest absolute Gasteiger partial charge is 0.186 e. The highest BCUT2D eigenvalue weighted by molar-refractivity contribution is 6.20. The van der Waals surface area contributed by atoms with E-state index in [0.717, 1.165) is 39.5 Å². The fourth-order valence-electron chi connectivity index (χ4n) is 6.93. The van der Waals surface area contributed by atoms with E-state index in [9.17, 15) is 4.79 Å². The maximum atomic E-state index is 12.7. The summed E-state index contributed by atoms with van der Waals surface area (Å²) in [5.41, 5.74) is 7.30. The number of hydrogen-bond donors (Lipinski definition) is 0. The molecule has 0 aliphatic carbocycles. The molecule has 0 fully saturated rings. The first-order valence-electron chi connectivity index (χ1n) is 15.2. The Balaban J connectivity index is 1.62. The number of carbonyl (C=O) groups excluding carboxylic acids is 1. The monoisotopic (exact) mass is 562 g/mol. The van der Waals surface area contributed by atoms with Gasteiger partial charge >= 0.3 is 0 Å². The van der Waals surface area contributed by atoms with Gasteiger partial charge in [0.05, 0.1) is 0 Å². The van der Waals surface area contributed by atoms with Crippen molar-refractivity contribution in [3.63, 3.8) is 0 Å². The summed E-state index contributed by atoms with van der Waals surface area (Å²) < 4.78 is 6.49. The highest BCUT2D eigenvalue weighted by Crippen LogP contribution is 2.47. The molecule has 0 saturated heterocycles. The Kier molecular flexibility index (Phi) is 5.92. The summed E-state index contributed by atoms with van der Waals surface area (Å²) in [5.74, 6) is 0.395. The second kappa shape index (κ2) is 9.28. The maximum Gasteiger partial charge on any atom is 0.186 e. The molecule has 0 aliphatic heterocycles. The molecule has 0 unspecified atom stereocenters. The van der Waals surface area contributed by atoms with Gasteiger partial charge in [0, 0.05) is 16.5 Å². The zero-order valence-electron chi connectivity index (χ0n) is 26.4. The van der Waals surface area contributed by atoms with Crippen LogP contribution in [0.25, 0.3) is 65.2 Å². The van der Waals surface area contributed by atoms with Crippen molar-refractivity contribution in [3.05, 3.63) is 107 Å². The third-order valence-corrected chi connectivity index (χ3v) is 9.30. The number of fused-ring (bicyclic) bond motifs is 6. The fraction of sp³-hybridized carbons (Fsp3) is 0.244. The van der Waals surface area contributed by atoms with Gasteiger partial charge in [-0.2, -0.15) is 0 Å². The van der Waals surface area contributed by atoms with Crippen LogP contribution < -0.4 is 0 Å². The number of benzene rings is 6. The van der Waals surface area contributed by atoms with Gasteiger partial charge in [-0.05, 0) is 114 Å². The summed E-state index contributed by atoms with van der Waals surface area (Å²) in [6.45, 7) is 17.7. The molecule has 214 valence electrons. The van der Waals surface area contributed by atoms with E-state index in [-0.39, 0.29) is 10.8 Å². The van der Waals surface area contributed by atoms with E-state index in [1.165, 1.54) is 54.2 Å². The average Bonchev–Trinajstić information content (AvgIpc) is 3.33. The van der Waals surface area contributed by atoms with Crippen LogP contribution in [0.3, 0.4) is 0 Å². The third kappa shape index (κ3) is 4.19. The first-order chi connectivity index (χ1) is 20.4. The van der Waals surface area contributed by atoms with Crippen molar-refractivity contribution in [1.29, 1.82) is 0 Å². The topological polar surface area (TPSA) is 30.2 Å². The molecule has 7 rings (SSSR count). The minimum atomic E-state index is -0.153. The van der Waals surface area contributed by atoms with Gasteiger partial charge in [-0.3, -0.25) is 4.79 Å². The van der Waals surface area contributed by atoms with Gasteiger partial charge in [-0.1, -0.05) is 96.1 Å². The molecule has 0 bridgehead atoms. The van der Waals surface area contributed by atoms with Gasteiger partial charge < -0.3 is 4.42 Å². The summed E-state index contributed by atoms with van der Waals surface area (Å²) in [7, 11) is 0. The summed E-state index contributed by atoms with van der Waals surface area (Å²) >= 11 is 0. The lowest BCUT2D eigenvalue weighted by Gasteiger charge is -2.25. The molecule has 0 spiro atoms. The van der Waals surface area contributed by atoms with Crippen molar-refractivity contribution in [3.8, 4) is 11.1 Å². The average molecular weight is 563 g/mol. The molecule has 43 heavy (non-hydrogen) atoms. The number of aryl methyl sites for hydroxylation is 2. The van der Waals surface area contributed by atoms with Crippen LogP contribution in [0, 0.1) is 13.8 Å². The van der Waals surface area contributed by atoms with Crippen molar-refractivity contribution < 1.29 is 9.21 Å². The Bertz CT molecular complexity index is 2280. The molecule has 2 heteroatoms. The van der Waals surface area contributed by atoms with E-state index in [0.29, 0.717) is 5.76 Å². The summed E-state index contributed by atoms with van der Waals surface area (Å²) in [6, 6.07) is 29.0. The summed E-state index contributed by atoms with van der Waals surface area (Å²) in [5, 5.41) is 10.8. The zero-order chi connectivity index (χ0) is 30.4. The third-order valence-electron chi connectivity index (χ3n) is 9.30. The Morgan fingerprint density at radius 2 is 1.28 bits per heavy atom. The molecule has 7 aromatic rings. The SMILES string of the molecule is Cc1ccc2cc3c(ccc4cc5ccccc5cc43)c(C)c2c1-c1c(C=O)oc2c(C(C)(C)C)cc(C(C)(C)C)cc12. The van der Waals surface area contributed by atoms with Gasteiger partial charge in [0.15, 0.2) is 12.0 Å². The lowest BCUT2D eigenvalue weighted by Crippen LogP contribution is -2.16. The zero-order valence-corrected chi connectivity index (χ0v) is 26.4. The van der Waals surface area contributed by atoms with E-state index in [1.807, 2.05) is 0 Å². The molecular weight excluding hydrogens is 524 g/mol. The van der Waals surface area contributed by atoms with Gasteiger partial charge in [-0.25, -0.2) is 0 Å². The number of rotatable bonds is 2. The Labute approximate surface area is 253 Å². The first kappa shape index (κ1) is 27.4. The molecule has 2 nitrogen and oxygen atoms in total. The van der Waals surface area contributed by atoms with Crippen molar-refractivity contribution >= 4 is 60.3 Å². The highest BCUT2D eigenvalue weighted by atomic mass is 16.3. The standard InChI is InChI=1S/C41H38O2/c1-23-13-14-28-19-32-30(16-15-27-17-25-11-9-10-12-26(25)18-31(27)32)24(2)37(28)36(23)38-33-20-29(40(3,4)5)21-34(41(6,7)8)39(33)43-35(38)22-42/h9-22H,1-8H3. The molecule has 0 aliphatic rings. The molecule has 1 heterocycles. The predicted octanol–water partition coefficient (Wildman–Crippen LogP) is 11.7. The van der Waals surface area contributed by atoms with Crippen molar-refractivity contribution in [2.75, 3.05) is 0 Å². The molecule has 0 radical (unpaired) electrons. The van der Waals surface area contributed by atoms with E-state index >= 15 is 0 Å².